The predicted molar refractivity (Wildman–Crippen MR) is 135 cm³/mol. The van der Waals surface area contributed by atoms with Gasteiger partial charge in [-0.25, -0.2) is 8.78 Å². The van der Waals surface area contributed by atoms with Crippen molar-refractivity contribution < 1.29 is 28.4 Å². The Morgan fingerprint density at radius 3 is 2.59 bits per heavy atom. The number of likely N-dealkylation sites (tertiary alicyclic amines) is 2. The molecule has 11 heteroatoms. The van der Waals surface area contributed by atoms with Crippen LogP contribution in [0.2, 0.25) is 0 Å². The Labute approximate surface area is 217 Å². The van der Waals surface area contributed by atoms with Crippen LogP contribution in [0.15, 0.2) is 42.0 Å². The highest BCUT2D eigenvalue weighted by Gasteiger charge is 2.43. The molecule has 37 heavy (non-hydrogen) atoms. The summed E-state index contributed by atoms with van der Waals surface area (Å²) in [5.41, 5.74) is -0.141. The minimum atomic E-state index is -2.78. The fourth-order valence-electron chi connectivity index (χ4n) is 5.03. The molecule has 0 radical (unpaired) electrons. The summed E-state index contributed by atoms with van der Waals surface area (Å²) in [5, 5.41) is 31.8. The monoisotopic (exact) mass is 516 g/mol. The Morgan fingerprint density at radius 1 is 1.30 bits per heavy atom. The van der Waals surface area contributed by atoms with Crippen LogP contribution in [0, 0.1) is 17.2 Å². The largest absolute Gasteiger partial charge is 0.475 e. The normalized spacial score (nSPS) is 21.3. The SMILES string of the molecule is CC(C)(/C=C(\C#N)C(=O)N1CCC[C@H](CC(=O)N[C@@H](Cc2ccccc2)B(O)O)C1)N1CCC(F)(F)C1. The lowest BCUT2D eigenvalue weighted by molar-refractivity contribution is -0.130. The first kappa shape index (κ1) is 28.8. The fraction of sp³-hybridized carbons (Fsp3) is 0.577. The maximum atomic E-state index is 13.7. The number of benzene rings is 1. The van der Waals surface area contributed by atoms with E-state index in [1.165, 1.54) is 11.0 Å². The van der Waals surface area contributed by atoms with Crippen molar-refractivity contribution in [3.8, 4) is 6.07 Å². The Hall–Kier alpha value is -2.81. The van der Waals surface area contributed by atoms with E-state index >= 15 is 0 Å². The van der Waals surface area contributed by atoms with Crippen molar-refractivity contribution in [2.24, 2.45) is 5.92 Å². The van der Waals surface area contributed by atoms with Crippen molar-refractivity contribution in [3.63, 3.8) is 0 Å². The summed E-state index contributed by atoms with van der Waals surface area (Å²) >= 11 is 0. The lowest BCUT2D eigenvalue weighted by atomic mass is 9.75. The molecule has 2 fully saturated rings. The van der Waals surface area contributed by atoms with Gasteiger partial charge in [0.25, 0.3) is 11.8 Å². The molecular formula is C26H35BF2N4O4. The van der Waals surface area contributed by atoms with Crippen LogP contribution in [0.1, 0.15) is 45.1 Å². The van der Waals surface area contributed by atoms with Crippen LogP contribution in [-0.4, -0.2) is 82.4 Å². The number of nitriles is 1. The summed E-state index contributed by atoms with van der Waals surface area (Å²) in [4.78, 5) is 29.0. The molecule has 0 aliphatic carbocycles. The summed E-state index contributed by atoms with van der Waals surface area (Å²) < 4.78 is 27.4. The Balaban J connectivity index is 1.59. The van der Waals surface area contributed by atoms with E-state index in [1.807, 2.05) is 36.4 Å². The summed E-state index contributed by atoms with van der Waals surface area (Å²) in [6.45, 7) is 3.90. The van der Waals surface area contributed by atoms with Gasteiger partial charge in [0.05, 0.1) is 12.5 Å². The van der Waals surface area contributed by atoms with Gasteiger partial charge in [0.15, 0.2) is 0 Å². The molecule has 0 saturated carbocycles. The van der Waals surface area contributed by atoms with Crippen LogP contribution in [0.4, 0.5) is 8.78 Å². The molecule has 3 rings (SSSR count). The molecule has 2 atom stereocenters. The molecular weight excluding hydrogens is 481 g/mol. The van der Waals surface area contributed by atoms with Crippen LogP contribution in [0.25, 0.3) is 0 Å². The molecule has 2 aliphatic rings. The summed E-state index contributed by atoms with van der Waals surface area (Å²) in [5.74, 6) is -4.63. The van der Waals surface area contributed by atoms with Crippen LogP contribution in [-0.2, 0) is 16.0 Å². The number of rotatable bonds is 9. The van der Waals surface area contributed by atoms with Gasteiger partial charge in [-0.1, -0.05) is 30.3 Å². The molecule has 3 N–H and O–H groups in total. The third kappa shape index (κ3) is 8.09. The standard InChI is InChI=1S/C26H35BF2N4O4/c1-25(2,33-12-10-26(28,29)18-33)15-21(16-30)24(35)32-11-6-9-20(17-32)14-23(34)31-22(27(36)37)13-19-7-4-3-5-8-19/h3-5,7-8,15,20,22,36-37H,6,9-14,17-18H2,1-2H3,(H,31,34)/b21-15+/t20-,22+/m1/s1. The number of halogens is 2. The first-order chi connectivity index (χ1) is 17.4. The average molecular weight is 516 g/mol. The zero-order valence-corrected chi connectivity index (χ0v) is 21.4. The van der Waals surface area contributed by atoms with Gasteiger partial charge in [-0.05, 0) is 50.7 Å². The van der Waals surface area contributed by atoms with Gasteiger partial charge in [-0.15, -0.1) is 0 Å². The van der Waals surface area contributed by atoms with Crippen LogP contribution >= 0.6 is 0 Å². The molecule has 2 amide bonds. The summed E-state index contributed by atoms with van der Waals surface area (Å²) in [6, 6.07) is 11.1. The summed E-state index contributed by atoms with van der Waals surface area (Å²) in [7, 11) is -1.73. The predicted octanol–water partition coefficient (Wildman–Crippen LogP) is 1.92. The van der Waals surface area contributed by atoms with Gasteiger partial charge in [0.2, 0.25) is 5.91 Å². The number of hydrogen-bond donors (Lipinski definition) is 3. The fourth-order valence-corrected chi connectivity index (χ4v) is 5.03. The molecule has 1 aromatic carbocycles. The van der Waals surface area contributed by atoms with Gasteiger partial charge < -0.3 is 20.3 Å². The first-order valence-electron chi connectivity index (χ1n) is 12.6. The highest BCUT2D eigenvalue weighted by molar-refractivity contribution is 6.43. The molecule has 0 bridgehead atoms. The Morgan fingerprint density at radius 2 is 2.00 bits per heavy atom. The summed E-state index contributed by atoms with van der Waals surface area (Å²) in [6.07, 6.45) is 2.93. The third-order valence-electron chi connectivity index (χ3n) is 7.12. The molecule has 8 nitrogen and oxygen atoms in total. The van der Waals surface area contributed by atoms with Crippen molar-refractivity contribution >= 4 is 18.9 Å². The highest BCUT2D eigenvalue weighted by Crippen LogP contribution is 2.33. The van der Waals surface area contributed by atoms with Crippen molar-refractivity contribution in [1.29, 1.82) is 5.26 Å². The average Bonchev–Trinajstić information content (AvgIpc) is 3.23. The highest BCUT2D eigenvalue weighted by atomic mass is 19.3. The van der Waals surface area contributed by atoms with E-state index in [0.29, 0.717) is 19.4 Å². The van der Waals surface area contributed by atoms with E-state index in [2.05, 4.69) is 5.32 Å². The van der Waals surface area contributed by atoms with E-state index in [1.54, 1.807) is 18.7 Å². The molecule has 1 aromatic rings. The van der Waals surface area contributed by atoms with Crippen molar-refractivity contribution in [3.05, 3.63) is 47.5 Å². The van der Waals surface area contributed by atoms with E-state index in [-0.39, 0.29) is 49.8 Å². The smallest absolute Gasteiger partial charge is 0.426 e. The van der Waals surface area contributed by atoms with E-state index in [9.17, 15) is 33.7 Å². The number of alkyl halides is 2. The molecule has 0 unspecified atom stereocenters. The lowest BCUT2D eigenvalue weighted by Crippen LogP contribution is -2.49. The van der Waals surface area contributed by atoms with Crippen molar-refractivity contribution in [2.75, 3.05) is 26.2 Å². The van der Waals surface area contributed by atoms with Crippen LogP contribution < -0.4 is 5.32 Å². The van der Waals surface area contributed by atoms with Crippen molar-refractivity contribution in [1.82, 2.24) is 15.1 Å². The number of carbonyl (C=O) groups is 2. The van der Waals surface area contributed by atoms with Crippen molar-refractivity contribution in [2.45, 2.75) is 63.4 Å². The minimum Gasteiger partial charge on any atom is -0.426 e. The second-order valence-corrected chi connectivity index (χ2v) is 10.6. The number of amides is 2. The first-order valence-corrected chi connectivity index (χ1v) is 12.6. The van der Waals surface area contributed by atoms with Gasteiger partial charge in [-0.2, -0.15) is 5.26 Å². The van der Waals surface area contributed by atoms with Gasteiger partial charge in [0, 0.05) is 38.0 Å². The minimum absolute atomic E-state index is 0.0990. The van der Waals surface area contributed by atoms with Crippen LogP contribution in [0.3, 0.4) is 0 Å². The van der Waals surface area contributed by atoms with Gasteiger partial charge in [-0.3, -0.25) is 14.5 Å². The second kappa shape index (κ2) is 12.2. The Kier molecular flexibility index (Phi) is 9.45. The number of nitrogens with zero attached hydrogens (tertiary/aromatic N) is 3. The molecule has 0 spiro atoms. The molecule has 0 aromatic heterocycles. The zero-order chi connectivity index (χ0) is 27.2. The van der Waals surface area contributed by atoms with Gasteiger partial charge in [0.1, 0.15) is 11.6 Å². The quantitative estimate of drug-likeness (QED) is 0.263. The maximum Gasteiger partial charge on any atom is 0.475 e. The molecule has 200 valence electrons. The maximum absolute atomic E-state index is 13.7. The topological polar surface area (TPSA) is 117 Å². The molecule has 2 saturated heterocycles. The van der Waals surface area contributed by atoms with Gasteiger partial charge >= 0.3 is 7.12 Å². The Bertz CT molecular complexity index is 1030. The number of carbonyl (C=O) groups excluding carboxylic acids is 2. The number of hydrogen-bond acceptors (Lipinski definition) is 6. The number of nitrogens with one attached hydrogen (secondary N) is 1. The third-order valence-corrected chi connectivity index (χ3v) is 7.12. The zero-order valence-electron chi connectivity index (χ0n) is 21.4. The number of piperidine rings is 1. The van der Waals surface area contributed by atoms with E-state index in [4.69, 9.17) is 0 Å². The second-order valence-electron chi connectivity index (χ2n) is 10.6. The van der Waals surface area contributed by atoms with E-state index in [0.717, 1.165) is 5.56 Å². The molecule has 2 aliphatic heterocycles. The van der Waals surface area contributed by atoms with Crippen LogP contribution in [0.5, 0.6) is 0 Å². The van der Waals surface area contributed by atoms with E-state index < -0.39 is 37.0 Å². The lowest BCUT2D eigenvalue weighted by Gasteiger charge is -2.35. The molecule has 2 heterocycles.